The molecule has 2 aromatic heterocycles. The van der Waals surface area contributed by atoms with E-state index in [0.717, 1.165) is 5.56 Å². The molecule has 124 valence electrons. The number of anilines is 1. The lowest BCUT2D eigenvalue weighted by Crippen LogP contribution is -2.31. The van der Waals surface area contributed by atoms with E-state index in [-0.39, 0.29) is 11.4 Å². The van der Waals surface area contributed by atoms with Crippen LogP contribution in [-0.4, -0.2) is 23.2 Å². The normalized spacial score (nSPS) is 11.4. The fourth-order valence-corrected chi connectivity index (χ4v) is 4.10. The van der Waals surface area contributed by atoms with Gasteiger partial charge < -0.3 is 0 Å². The van der Waals surface area contributed by atoms with Crippen LogP contribution < -0.4 is 4.31 Å². The second-order valence-electron chi connectivity index (χ2n) is 5.44. The van der Waals surface area contributed by atoms with E-state index in [9.17, 15) is 8.42 Å². The zero-order valence-corrected chi connectivity index (χ0v) is 14.3. The van der Waals surface area contributed by atoms with Crippen LogP contribution in [0.25, 0.3) is 0 Å². The summed E-state index contributed by atoms with van der Waals surface area (Å²) in [5, 5.41) is 4.15. The van der Waals surface area contributed by atoms with Crippen molar-refractivity contribution in [3.05, 3.63) is 72.2 Å². The molecule has 3 aromatic rings. The zero-order valence-electron chi connectivity index (χ0n) is 13.5. The number of hydrogen-bond acceptors (Lipinski definition) is 4. The van der Waals surface area contributed by atoms with Crippen LogP contribution in [0.15, 0.2) is 65.8 Å². The van der Waals surface area contributed by atoms with Crippen LogP contribution in [-0.2, 0) is 23.6 Å². The fourth-order valence-electron chi connectivity index (χ4n) is 2.49. The maximum atomic E-state index is 13.2. The maximum absolute atomic E-state index is 13.2. The van der Waals surface area contributed by atoms with E-state index in [1.807, 2.05) is 30.3 Å². The zero-order chi connectivity index (χ0) is 17.2. The van der Waals surface area contributed by atoms with Crippen molar-refractivity contribution in [2.24, 2.45) is 7.05 Å². The van der Waals surface area contributed by atoms with Crippen LogP contribution >= 0.6 is 0 Å². The highest BCUT2D eigenvalue weighted by Crippen LogP contribution is 2.25. The first kappa shape index (κ1) is 16.2. The van der Waals surface area contributed by atoms with Gasteiger partial charge in [-0.1, -0.05) is 36.4 Å². The molecule has 24 heavy (non-hydrogen) atoms. The van der Waals surface area contributed by atoms with Crippen molar-refractivity contribution in [2.45, 2.75) is 18.4 Å². The van der Waals surface area contributed by atoms with Gasteiger partial charge in [-0.05, 0) is 24.6 Å². The van der Waals surface area contributed by atoms with Crippen LogP contribution in [0.1, 0.15) is 11.3 Å². The molecule has 0 aliphatic carbocycles. The molecule has 0 aliphatic heterocycles. The van der Waals surface area contributed by atoms with Crippen molar-refractivity contribution in [2.75, 3.05) is 4.31 Å². The van der Waals surface area contributed by atoms with Crippen molar-refractivity contribution in [1.82, 2.24) is 14.8 Å². The summed E-state index contributed by atoms with van der Waals surface area (Å²) in [6.07, 6.45) is 3.10. The van der Waals surface area contributed by atoms with Gasteiger partial charge in [0.05, 0.1) is 12.2 Å². The van der Waals surface area contributed by atoms with Gasteiger partial charge in [0.2, 0.25) is 0 Å². The number of benzene rings is 1. The van der Waals surface area contributed by atoms with Gasteiger partial charge in [0.1, 0.15) is 10.7 Å². The minimum atomic E-state index is -3.77. The average Bonchev–Trinajstić information content (AvgIpc) is 2.93. The first-order chi connectivity index (χ1) is 11.5. The van der Waals surface area contributed by atoms with Crippen LogP contribution in [0.5, 0.6) is 0 Å². The minimum absolute atomic E-state index is 0.187. The largest absolute Gasteiger partial charge is 0.274 e. The molecule has 7 heteroatoms. The molecule has 0 atom stereocenters. The highest BCUT2D eigenvalue weighted by Gasteiger charge is 2.29. The third kappa shape index (κ3) is 3.16. The highest BCUT2D eigenvalue weighted by molar-refractivity contribution is 7.92. The Hall–Kier alpha value is -2.67. The molecular weight excluding hydrogens is 324 g/mol. The van der Waals surface area contributed by atoms with Crippen LogP contribution in [0.2, 0.25) is 0 Å². The van der Waals surface area contributed by atoms with E-state index in [1.54, 1.807) is 38.4 Å². The summed E-state index contributed by atoms with van der Waals surface area (Å²) in [5.41, 5.74) is 1.35. The van der Waals surface area contributed by atoms with Crippen LogP contribution in [0.4, 0.5) is 5.82 Å². The third-order valence-electron chi connectivity index (χ3n) is 3.61. The molecule has 0 spiro atoms. The fraction of sp³-hybridized carbons (Fsp3) is 0.176. The molecule has 0 radical (unpaired) electrons. The summed E-state index contributed by atoms with van der Waals surface area (Å²) >= 11 is 0. The molecule has 0 amide bonds. The van der Waals surface area contributed by atoms with Gasteiger partial charge in [0.15, 0.2) is 0 Å². The standard InChI is InChI=1S/C17H18N4O2S/c1-14-16(13-20(2)19-14)24(22,23)21(17-10-6-7-11-18-17)12-15-8-4-3-5-9-15/h3-11,13H,12H2,1-2H3. The maximum Gasteiger partial charge on any atom is 0.269 e. The summed E-state index contributed by atoms with van der Waals surface area (Å²) < 4.78 is 29.2. The van der Waals surface area contributed by atoms with Crippen molar-refractivity contribution in [3.63, 3.8) is 0 Å². The summed E-state index contributed by atoms with van der Waals surface area (Å²) in [6.45, 7) is 1.89. The Morgan fingerprint density at radius 3 is 2.38 bits per heavy atom. The lowest BCUT2D eigenvalue weighted by molar-refractivity contribution is 0.589. The monoisotopic (exact) mass is 342 g/mol. The molecule has 0 saturated heterocycles. The molecule has 0 fully saturated rings. The Morgan fingerprint density at radius 2 is 1.79 bits per heavy atom. The number of pyridine rings is 1. The van der Waals surface area contributed by atoms with Gasteiger partial charge in [0, 0.05) is 19.4 Å². The van der Waals surface area contributed by atoms with Gasteiger partial charge in [-0.15, -0.1) is 0 Å². The Bertz CT molecular complexity index is 922. The predicted molar refractivity (Wildman–Crippen MR) is 92.0 cm³/mol. The topological polar surface area (TPSA) is 68.1 Å². The van der Waals surface area contributed by atoms with Crippen molar-refractivity contribution < 1.29 is 8.42 Å². The Balaban J connectivity index is 2.09. The summed E-state index contributed by atoms with van der Waals surface area (Å²) in [4.78, 5) is 4.41. The second-order valence-corrected chi connectivity index (χ2v) is 7.27. The van der Waals surface area contributed by atoms with Crippen LogP contribution in [0, 0.1) is 6.92 Å². The Labute approximate surface area is 141 Å². The van der Waals surface area contributed by atoms with Crippen molar-refractivity contribution >= 4 is 15.8 Å². The second kappa shape index (κ2) is 6.45. The van der Waals surface area contributed by atoms with Gasteiger partial charge in [-0.25, -0.2) is 17.7 Å². The first-order valence-corrected chi connectivity index (χ1v) is 8.90. The van der Waals surface area contributed by atoms with Crippen molar-refractivity contribution in [3.8, 4) is 0 Å². The molecule has 1 aromatic carbocycles. The molecule has 0 unspecified atom stereocenters. The summed E-state index contributed by atoms with van der Waals surface area (Å²) in [7, 11) is -2.07. The quantitative estimate of drug-likeness (QED) is 0.714. The highest BCUT2D eigenvalue weighted by atomic mass is 32.2. The third-order valence-corrected chi connectivity index (χ3v) is 5.46. The smallest absolute Gasteiger partial charge is 0.269 e. The first-order valence-electron chi connectivity index (χ1n) is 7.46. The molecule has 0 N–H and O–H groups in total. The number of nitrogens with zero attached hydrogens (tertiary/aromatic N) is 4. The van der Waals surface area contributed by atoms with E-state index in [0.29, 0.717) is 11.5 Å². The van der Waals surface area contributed by atoms with E-state index in [1.165, 1.54) is 15.2 Å². The number of aromatic nitrogens is 3. The summed E-state index contributed by atoms with van der Waals surface area (Å²) in [5.74, 6) is 0.379. The van der Waals surface area contributed by atoms with Gasteiger partial charge in [-0.2, -0.15) is 5.10 Å². The van der Waals surface area contributed by atoms with E-state index in [4.69, 9.17) is 0 Å². The van der Waals surface area contributed by atoms with Gasteiger partial charge >= 0.3 is 0 Å². The number of aryl methyl sites for hydroxylation is 2. The SMILES string of the molecule is Cc1nn(C)cc1S(=O)(=O)N(Cc1ccccc1)c1ccccn1. The molecule has 2 heterocycles. The van der Waals surface area contributed by atoms with E-state index in [2.05, 4.69) is 10.1 Å². The summed E-state index contributed by atoms with van der Waals surface area (Å²) in [6, 6.07) is 14.7. The van der Waals surface area contributed by atoms with Gasteiger partial charge in [-0.3, -0.25) is 4.68 Å². The average molecular weight is 342 g/mol. The molecule has 3 rings (SSSR count). The molecule has 6 nitrogen and oxygen atoms in total. The number of sulfonamides is 1. The molecule has 0 aliphatic rings. The lowest BCUT2D eigenvalue weighted by atomic mass is 10.2. The molecular formula is C17H18N4O2S. The lowest BCUT2D eigenvalue weighted by Gasteiger charge is -2.23. The van der Waals surface area contributed by atoms with Gasteiger partial charge in [0.25, 0.3) is 10.0 Å². The van der Waals surface area contributed by atoms with Crippen LogP contribution in [0.3, 0.4) is 0 Å². The molecule has 0 saturated carbocycles. The Kier molecular flexibility index (Phi) is 4.35. The number of rotatable bonds is 5. The van der Waals surface area contributed by atoms with E-state index >= 15 is 0 Å². The minimum Gasteiger partial charge on any atom is -0.274 e. The van der Waals surface area contributed by atoms with E-state index < -0.39 is 10.0 Å². The Morgan fingerprint density at radius 1 is 1.08 bits per heavy atom. The molecule has 0 bridgehead atoms. The predicted octanol–water partition coefficient (Wildman–Crippen LogP) is 2.52. The van der Waals surface area contributed by atoms with Crippen molar-refractivity contribution in [1.29, 1.82) is 0 Å². The number of hydrogen-bond donors (Lipinski definition) is 0.